The number of carboxylic acid groups (broad SMARTS) is 1. The Balaban J connectivity index is 1.76. The SMILES string of the molecule is Cc1c(C(=O)NC(Cc2ccncc2)C(=O)O)nn(-c2ccc(Cl)cc2Cl)c1-c1ccc(Cl)cc1. The van der Waals surface area contributed by atoms with E-state index in [0.29, 0.717) is 32.0 Å². The first-order valence-corrected chi connectivity index (χ1v) is 11.6. The van der Waals surface area contributed by atoms with Crippen LogP contribution in [0, 0.1) is 6.92 Å². The fourth-order valence-electron chi connectivity index (χ4n) is 3.67. The van der Waals surface area contributed by atoms with E-state index in [9.17, 15) is 14.7 Å². The molecule has 7 nitrogen and oxygen atoms in total. The number of nitrogens with one attached hydrogen (secondary N) is 1. The fourth-order valence-corrected chi connectivity index (χ4v) is 4.28. The highest BCUT2D eigenvalue weighted by atomic mass is 35.5. The molecular weight excluding hydrogens is 511 g/mol. The Bertz CT molecular complexity index is 1390. The largest absolute Gasteiger partial charge is 0.480 e. The summed E-state index contributed by atoms with van der Waals surface area (Å²) in [5.74, 6) is -1.78. The number of rotatable bonds is 7. The Labute approximate surface area is 216 Å². The highest BCUT2D eigenvalue weighted by Gasteiger charge is 2.27. The van der Waals surface area contributed by atoms with Gasteiger partial charge in [0, 0.05) is 40.0 Å². The van der Waals surface area contributed by atoms with Crippen molar-refractivity contribution in [2.24, 2.45) is 0 Å². The van der Waals surface area contributed by atoms with Gasteiger partial charge in [0.1, 0.15) is 6.04 Å². The Hall–Kier alpha value is -3.39. The van der Waals surface area contributed by atoms with Crippen LogP contribution in [-0.4, -0.2) is 37.8 Å². The standard InChI is InChI=1S/C25H19Cl3N4O3/c1-14-22(24(33)30-20(25(34)35)12-15-8-10-29-11-9-15)31-32(21-7-6-18(27)13-19(21)28)23(14)16-2-4-17(26)5-3-16/h2-11,13,20H,12H2,1H3,(H,30,33)(H,34,35). The predicted molar refractivity (Wildman–Crippen MR) is 136 cm³/mol. The number of carbonyl (C=O) groups is 2. The number of halogens is 3. The van der Waals surface area contributed by atoms with Gasteiger partial charge in [-0.05, 0) is 55.0 Å². The molecule has 0 saturated heterocycles. The van der Waals surface area contributed by atoms with E-state index in [1.807, 2.05) is 0 Å². The molecule has 10 heteroatoms. The molecule has 0 radical (unpaired) electrons. The van der Waals surface area contributed by atoms with E-state index in [-0.39, 0.29) is 12.1 Å². The summed E-state index contributed by atoms with van der Waals surface area (Å²) < 4.78 is 1.55. The number of pyridine rings is 1. The minimum Gasteiger partial charge on any atom is -0.480 e. The van der Waals surface area contributed by atoms with Crippen LogP contribution in [0.4, 0.5) is 0 Å². The second-order valence-corrected chi connectivity index (χ2v) is 9.04. The van der Waals surface area contributed by atoms with Gasteiger partial charge in [0.15, 0.2) is 5.69 Å². The van der Waals surface area contributed by atoms with Crippen molar-refractivity contribution in [1.82, 2.24) is 20.1 Å². The Kier molecular flexibility index (Phi) is 7.40. The lowest BCUT2D eigenvalue weighted by Gasteiger charge is -2.14. The van der Waals surface area contributed by atoms with Gasteiger partial charge in [0.2, 0.25) is 0 Å². The van der Waals surface area contributed by atoms with Crippen LogP contribution >= 0.6 is 34.8 Å². The molecule has 2 aromatic heterocycles. The van der Waals surface area contributed by atoms with Crippen LogP contribution in [0.1, 0.15) is 21.6 Å². The summed E-state index contributed by atoms with van der Waals surface area (Å²) in [6, 6.07) is 14.2. The van der Waals surface area contributed by atoms with Crippen LogP contribution in [0.15, 0.2) is 67.0 Å². The summed E-state index contributed by atoms with van der Waals surface area (Å²) in [4.78, 5) is 29.1. The smallest absolute Gasteiger partial charge is 0.326 e. The van der Waals surface area contributed by atoms with E-state index >= 15 is 0 Å². The molecule has 0 bridgehead atoms. The Morgan fingerprint density at radius 3 is 2.29 bits per heavy atom. The van der Waals surface area contributed by atoms with Gasteiger partial charge in [-0.25, -0.2) is 9.48 Å². The summed E-state index contributed by atoms with van der Waals surface area (Å²) in [5.41, 5.74) is 3.21. The molecular formula is C25H19Cl3N4O3. The van der Waals surface area contributed by atoms with E-state index < -0.39 is 17.9 Å². The highest BCUT2D eigenvalue weighted by molar-refractivity contribution is 6.35. The molecule has 4 rings (SSSR count). The van der Waals surface area contributed by atoms with E-state index in [1.165, 1.54) is 0 Å². The number of amides is 1. The molecule has 1 atom stereocenters. The average Bonchev–Trinajstić information content (AvgIpc) is 3.16. The lowest BCUT2D eigenvalue weighted by Crippen LogP contribution is -2.42. The summed E-state index contributed by atoms with van der Waals surface area (Å²) in [6.45, 7) is 1.74. The molecule has 4 aromatic rings. The maximum absolute atomic E-state index is 13.3. The number of carbonyl (C=O) groups excluding carboxylic acids is 1. The minimum absolute atomic E-state index is 0.0712. The molecule has 35 heavy (non-hydrogen) atoms. The zero-order chi connectivity index (χ0) is 25.1. The third-order valence-corrected chi connectivity index (χ3v) is 6.18. The van der Waals surface area contributed by atoms with Gasteiger partial charge in [-0.2, -0.15) is 5.10 Å². The first-order valence-electron chi connectivity index (χ1n) is 10.5. The summed E-state index contributed by atoms with van der Waals surface area (Å²) in [5, 5.41) is 18.2. The third-order valence-electron chi connectivity index (χ3n) is 5.39. The second kappa shape index (κ2) is 10.5. The molecule has 2 heterocycles. The van der Waals surface area contributed by atoms with Gasteiger partial charge in [-0.1, -0.05) is 46.9 Å². The highest BCUT2D eigenvalue weighted by Crippen LogP contribution is 2.33. The maximum atomic E-state index is 13.3. The number of hydrogen-bond donors (Lipinski definition) is 2. The van der Waals surface area contributed by atoms with Crippen molar-refractivity contribution in [1.29, 1.82) is 0 Å². The molecule has 0 saturated carbocycles. The van der Waals surface area contributed by atoms with E-state index in [0.717, 1.165) is 11.1 Å². The van der Waals surface area contributed by atoms with Crippen molar-refractivity contribution in [3.05, 3.63) is 98.9 Å². The zero-order valence-electron chi connectivity index (χ0n) is 18.4. The number of carboxylic acids is 1. The van der Waals surface area contributed by atoms with Crippen LogP contribution in [0.2, 0.25) is 15.1 Å². The molecule has 0 aliphatic heterocycles. The maximum Gasteiger partial charge on any atom is 0.326 e. The van der Waals surface area contributed by atoms with Crippen LogP contribution in [-0.2, 0) is 11.2 Å². The van der Waals surface area contributed by atoms with Crippen LogP contribution in [0.3, 0.4) is 0 Å². The van der Waals surface area contributed by atoms with Crippen molar-refractivity contribution < 1.29 is 14.7 Å². The fraction of sp³-hybridized carbons (Fsp3) is 0.120. The molecule has 0 aliphatic rings. The van der Waals surface area contributed by atoms with Crippen LogP contribution in [0.25, 0.3) is 16.9 Å². The zero-order valence-corrected chi connectivity index (χ0v) is 20.6. The monoisotopic (exact) mass is 528 g/mol. The lowest BCUT2D eigenvalue weighted by molar-refractivity contribution is -0.139. The number of aromatic nitrogens is 3. The topological polar surface area (TPSA) is 97.1 Å². The molecule has 1 amide bonds. The molecule has 0 spiro atoms. The number of benzene rings is 2. The average molecular weight is 530 g/mol. The minimum atomic E-state index is -1.16. The van der Waals surface area contributed by atoms with Gasteiger partial charge in [-0.15, -0.1) is 0 Å². The predicted octanol–water partition coefficient (Wildman–Crippen LogP) is 5.63. The van der Waals surface area contributed by atoms with E-state index in [1.54, 1.807) is 78.6 Å². The number of aliphatic carboxylic acids is 1. The van der Waals surface area contributed by atoms with Crippen molar-refractivity contribution >= 4 is 46.7 Å². The van der Waals surface area contributed by atoms with Gasteiger partial charge < -0.3 is 10.4 Å². The molecule has 0 aliphatic carbocycles. The molecule has 178 valence electrons. The molecule has 2 aromatic carbocycles. The summed E-state index contributed by atoms with van der Waals surface area (Å²) >= 11 is 18.6. The first kappa shape index (κ1) is 24.7. The second-order valence-electron chi connectivity index (χ2n) is 7.76. The molecule has 0 fully saturated rings. The first-order chi connectivity index (χ1) is 16.7. The quantitative estimate of drug-likeness (QED) is 0.323. The van der Waals surface area contributed by atoms with Crippen LogP contribution < -0.4 is 5.32 Å². The normalized spacial score (nSPS) is 11.8. The number of hydrogen-bond acceptors (Lipinski definition) is 4. The Morgan fingerprint density at radius 2 is 1.66 bits per heavy atom. The van der Waals surface area contributed by atoms with Crippen molar-refractivity contribution in [3.8, 4) is 16.9 Å². The number of nitrogens with zero attached hydrogens (tertiary/aromatic N) is 3. The van der Waals surface area contributed by atoms with Crippen molar-refractivity contribution in [2.75, 3.05) is 0 Å². The molecule has 2 N–H and O–H groups in total. The van der Waals surface area contributed by atoms with Gasteiger partial charge >= 0.3 is 5.97 Å². The van der Waals surface area contributed by atoms with Crippen molar-refractivity contribution in [2.45, 2.75) is 19.4 Å². The van der Waals surface area contributed by atoms with Gasteiger partial charge in [-0.3, -0.25) is 9.78 Å². The van der Waals surface area contributed by atoms with Crippen molar-refractivity contribution in [3.63, 3.8) is 0 Å². The lowest BCUT2D eigenvalue weighted by atomic mass is 10.0. The van der Waals surface area contributed by atoms with Gasteiger partial charge in [0.25, 0.3) is 5.91 Å². The molecule has 1 unspecified atom stereocenters. The van der Waals surface area contributed by atoms with Gasteiger partial charge in [0.05, 0.1) is 16.4 Å². The van der Waals surface area contributed by atoms with E-state index in [4.69, 9.17) is 34.8 Å². The third kappa shape index (κ3) is 5.48. The Morgan fingerprint density at radius 1 is 1.00 bits per heavy atom. The van der Waals surface area contributed by atoms with E-state index in [2.05, 4.69) is 15.4 Å². The van der Waals surface area contributed by atoms with Crippen LogP contribution in [0.5, 0.6) is 0 Å². The summed E-state index contributed by atoms with van der Waals surface area (Å²) in [7, 11) is 0. The summed E-state index contributed by atoms with van der Waals surface area (Å²) in [6.07, 6.45) is 3.22.